The molecule has 1 aromatic heterocycles. The highest BCUT2D eigenvalue weighted by atomic mass is 16.3. The third-order valence-electron chi connectivity index (χ3n) is 2.51. The average Bonchev–Trinajstić information content (AvgIpc) is 2.73. The van der Waals surface area contributed by atoms with E-state index in [0.29, 0.717) is 5.89 Å². The molecule has 2 nitrogen and oxygen atoms in total. The molecule has 0 aliphatic heterocycles. The number of hydrogen-bond acceptors (Lipinski definition) is 2. The normalized spacial score (nSPS) is 10.8. The number of hydrogen-bond donors (Lipinski definition) is 0. The van der Waals surface area contributed by atoms with Gasteiger partial charge in [-0.2, -0.15) is 0 Å². The second-order valence-corrected chi connectivity index (χ2v) is 3.78. The van der Waals surface area contributed by atoms with Gasteiger partial charge in [0.15, 0.2) is 5.58 Å². The zero-order valence-corrected chi connectivity index (χ0v) is 8.90. The molecule has 3 rings (SSSR count). The Morgan fingerprint density at radius 1 is 1.12 bits per heavy atom. The molecule has 0 fully saturated rings. The van der Waals surface area contributed by atoms with Crippen molar-refractivity contribution in [1.29, 1.82) is 0 Å². The minimum Gasteiger partial charge on any atom is -0.436 e. The largest absolute Gasteiger partial charge is 0.436 e. The van der Waals surface area contributed by atoms with Gasteiger partial charge in [-0.15, -0.1) is 0 Å². The molecule has 2 heteroatoms. The Hall–Kier alpha value is -2.09. The van der Waals surface area contributed by atoms with E-state index >= 15 is 0 Å². The number of fused-ring (bicyclic) bond motifs is 1. The summed E-state index contributed by atoms with van der Waals surface area (Å²) in [6, 6.07) is 16.6. The first-order valence-corrected chi connectivity index (χ1v) is 5.16. The van der Waals surface area contributed by atoms with Crippen molar-refractivity contribution in [3.63, 3.8) is 0 Å². The molecule has 0 aliphatic rings. The van der Waals surface area contributed by atoms with Gasteiger partial charge in [-0.1, -0.05) is 18.2 Å². The third-order valence-corrected chi connectivity index (χ3v) is 2.51. The molecule has 77 valence electrons. The SMILES string of the molecule is Cc1ccc2oc(-c3cc[c]cc3)nc2c1. The van der Waals surface area contributed by atoms with Crippen LogP contribution in [0.3, 0.4) is 0 Å². The monoisotopic (exact) mass is 208 g/mol. The van der Waals surface area contributed by atoms with Crippen molar-refractivity contribution in [3.8, 4) is 11.5 Å². The van der Waals surface area contributed by atoms with Crippen molar-refractivity contribution in [1.82, 2.24) is 4.98 Å². The van der Waals surface area contributed by atoms with Crippen LogP contribution in [0.25, 0.3) is 22.6 Å². The molecule has 2 aromatic carbocycles. The molecule has 0 amide bonds. The quantitative estimate of drug-likeness (QED) is 0.610. The summed E-state index contributed by atoms with van der Waals surface area (Å²) in [7, 11) is 0. The molecule has 0 saturated heterocycles. The van der Waals surface area contributed by atoms with Gasteiger partial charge in [0.1, 0.15) is 5.52 Å². The lowest BCUT2D eigenvalue weighted by molar-refractivity contribution is 0.620. The molecule has 0 saturated carbocycles. The number of aromatic nitrogens is 1. The van der Waals surface area contributed by atoms with Gasteiger partial charge >= 0.3 is 0 Å². The number of benzene rings is 2. The fraction of sp³-hybridized carbons (Fsp3) is 0.0714. The Bertz CT molecular complexity index is 626. The molecule has 16 heavy (non-hydrogen) atoms. The molecule has 0 spiro atoms. The summed E-state index contributed by atoms with van der Waals surface area (Å²) in [5.74, 6) is 0.662. The standard InChI is InChI=1S/C14H10NO/c1-10-7-8-13-12(9-10)15-14(16-13)11-5-3-2-4-6-11/h3-9H,1H3. The van der Waals surface area contributed by atoms with Crippen LogP contribution >= 0.6 is 0 Å². The van der Waals surface area contributed by atoms with Crippen LogP contribution in [0.5, 0.6) is 0 Å². The third kappa shape index (κ3) is 1.48. The van der Waals surface area contributed by atoms with E-state index in [4.69, 9.17) is 4.42 Å². The summed E-state index contributed by atoms with van der Waals surface area (Å²) in [4.78, 5) is 4.46. The van der Waals surface area contributed by atoms with Gasteiger partial charge < -0.3 is 4.42 Å². The predicted octanol–water partition coefficient (Wildman–Crippen LogP) is 3.60. The van der Waals surface area contributed by atoms with Crippen molar-refractivity contribution < 1.29 is 4.42 Å². The van der Waals surface area contributed by atoms with Crippen molar-refractivity contribution in [2.24, 2.45) is 0 Å². The highest BCUT2D eigenvalue weighted by Gasteiger charge is 2.06. The molecular weight excluding hydrogens is 198 g/mol. The van der Waals surface area contributed by atoms with Crippen LogP contribution in [0.1, 0.15) is 5.56 Å². The van der Waals surface area contributed by atoms with Crippen LogP contribution in [0.15, 0.2) is 46.9 Å². The molecule has 1 radical (unpaired) electrons. The van der Waals surface area contributed by atoms with Gasteiger partial charge in [0.05, 0.1) is 0 Å². The molecule has 3 aromatic rings. The predicted molar refractivity (Wildman–Crippen MR) is 63.0 cm³/mol. The molecule has 0 N–H and O–H groups in total. The summed E-state index contributed by atoms with van der Waals surface area (Å²) >= 11 is 0. The Morgan fingerprint density at radius 3 is 2.75 bits per heavy atom. The van der Waals surface area contributed by atoms with E-state index in [1.807, 2.05) is 49.4 Å². The smallest absolute Gasteiger partial charge is 0.227 e. The van der Waals surface area contributed by atoms with Crippen molar-refractivity contribution in [2.45, 2.75) is 6.92 Å². The summed E-state index contributed by atoms with van der Waals surface area (Å²) in [5.41, 5.74) is 3.90. The van der Waals surface area contributed by atoms with Crippen molar-refractivity contribution in [3.05, 3.63) is 54.1 Å². The van der Waals surface area contributed by atoms with Gasteiger partial charge in [-0.3, -0.25) is 0 Å². The zero-order valence-electron chi connectivity index (χ0n) is 8.90. The molecule has 0 unspecified atom stereocenters. The fourth-order valence-corrected chi connectivity index (χ4v) is 1.69. The van der Waals surface area contributed by atoms with Crippen LogP contribution in [-0.2, 0) is 0 Å². The minimum atomic E-state index is 0.662. The summed E-state index contributed by atoms with van der Waals surface area (Å²) in [6.07, 6.45) is 0. The van der Waals surface area contributed by atoms with Crippen molar-refractivity contribution >= 4 is 11.1 Å². The highest BCUT2D eigenvalue weighted by Crippen LogP contribution is 2.24. The van der Waals surface area contributed by atoms with E-state index in [9.17, 15) is 0 Å². The topological polar surface area (TPSA) is 26.0 Å². The Labute approximate surface area is 93.5 Å². The summed E-state index contributed by atoms with van der Waals surface area (Å²) < 4.78 is 5.68. The van der Waals surface area contributed by atoms with Crippen molar-refractivity contribution in [2.75, 3.05) is 0 Å². The first-order chi connectivity index (χ1) is 7.83. The molecule has 0 aliphatic carbocycles. The number of oxazole rings is 1. The molecular formula is C14H10NO. The summed E-state index contributed by atoms with van der Waals surface area (Å²) in [6.45, 7) is 2.05. The van der Waals surface area contributed by atoms with Gasteiger partial charge in [0.2, 0.25) is 5.89 Å². The van der Waals surface area contributed by atoms with E-state index in [0.717, 1.165) is 16.7 Å². The molecule has 0 bridgehead atoms. The van der Waals surface area contributed by atoms with E-state index < -0.39 is 0 Å². The van der Waals surface area contributed by atoms with Crippen LogP contribution in [-0.4, -0.2) is 4.98 Å². The van der Waals surface area contributed by atoms with E-state index in [1.54, 1.807) is 0 Å². The number of rotatable bonds is 1. The molecule has 0 atom stereocenters. The molecule has 1 heterocycles. The summed E-state index contributed by atoms with van der Waals surface area (Å²) in [5, 5.41) is 0. The maximum Gasteiger partial charge on any atom is 0.227 e. The second-order valence-electron chi connectivity index (χ2n) is 3.78. The maximum absolute atomic E-state index is 5.68. The van der Waals surface area contributed by atoms with Gasteiger partial charge in [0, 0.05) is 5.56 Å². The highest BCUT2D eigenvalue weighted by molar-refractivity contribution is 5.76. The maximum atomic E-state index is 5.68. The van der Waals surface area contributed by atoms with Crippen LogP contribution in [0, 0.1) is 13.0 Å². The zero-order chi connectivity index (χ0) is 11.0. The van der Waals surface area contributed by atoms with Gasteiger partial charge in [-0.25, -0.2) is 4.98 Å². The minimum absolute atomic E-state index is 0.662. The number of aryl methyl sites for hydroxylation is 1. The van der Waals surface area contributed by atoms with E-state index in [2.05, 4.69) is 11.1 Å². The van der Waals surface area contributed by atoms with Crippen LogP contribution in [0.4, 0.5) is 0 Å². The van der Waals surface area contributed by atoms with Gasteiger partial charge in [0.25, 0.3) is 0 Å². The average molecular weight is 208 g/mol. The van der Waals surface area contributed by atoms with E-state index in [-0.39, 0.29) is 0 Å². The number of nitrogens with zero attached hydrogens (tertiary/aromatic N) is 1. The Morgan fingerprint density at radius 2 is 1.94 bits per heavy atom. The first-order valence-electron chi connectivity index (χ1n) is 5.16. The van der Waals surface area contributed by atoms with Gasteiger partial charge in [-0.05, 0) is 42.8 Å². The fourth-order valence-electron chi connectivity index (χ4n) is 1.69. The lowest BCUT2D eigenvalue weighted by atomic mass is 10.2. The first kappa shape index (κ1) is 9.16. The van der Waals surface area contributed by atoms with Crippen LogP contribution in [0.2, 0.25) is 0 Å². The lowest BCUT2D eigenvalue weighted by Gasteiger charge is -1.91. The van der Waals surface area contributed by atoms with E-state index in [1.165, 1.54) is 5.56 Å². The second kappa shape index (κ2) is 3.49. The Balaban J connectivity index is 2.19. The Kier molecular flexibility index (Phi) is 2.00. The lowest BCUT2D eigenvalue weighted by Crippen LogP contribution is -1.75. The van der Waals surface area contributed by atoms with Crippen LogP contribution < -0.4 is 0 Å².